The lowest BCUT2D eigenvalue weighted by molar-refractivity contribution is 0.135. The first kappa shape index (κ1) is 20.9. The molecule has 2 saturated heterocycles. The molecule has 3 aliphatic heterocycles. The summed E-state index contributed by atoms with van der Waals surface area (Å²) >= 11 is 0.957. The van der Waals surface area contributed by atoms with Crippen molar-refractivity contribution >= 4 is 43.3 Å². The van der Waals surface area contributed by atoms with Gasteiger partial charge in [-0.2, -0.15) is 5.26 Å². The molecule has 3 aliphatic rings. The van der Waals surface area contributed by atoms with Crippen molar-refractivity contribution in [2.45, 2.75) is 31.6 Å². The third kappa shape index (κ3) is 2.84. The van der Waals surface area contributed by atoms with E-state index in [1.807, 2.05) is 6.07 Å². The number of nitrogens with two attached hydrogens (primary N) is 1. The van der Waals surface area contributed by atoms with Crippen molar-refractivity contribution in [3.8, 4) is 17.3 Å². The van der Waals surface area contributed by atoms with Gasteiger partial charge in [-0.1, -0.05) is 0 Å². The van der Waals surface area contributed by atoms with E-state index in [-0.39, 0.29) is 56.2 Å². The number of benzene rings is 1. The molecule has 11 heteroatoms. The summed E-state index contributed by atoms with van der Waals surface area (Å²) in [5, 5.41) is 14.2. The highest BCUT2D eigenvalue weighted by Crippen LogP contribution is 2.45. The number of hydrogen-bond acceptors (Lipinski definition) is 9. The maximum atomic E-state index is 16.4. The Morgan fingerprint density at radius 2 is 2.03 bits per heavy atom. The number of pyridine rings is 1. The smallest absolute Gasteiger partial charge is 0.226 e. The summed E-state index contributed by atoms with van der Waals surface area (Å²) in [6, 6.07) is 2.03. The van der Waals surface area contributed by atoms with Gasteiger partial charge in [0.1, 0.15) is 16.6 Å². The van der Waals surface area contributed by atoms with E-state index >= 15 is 4.39 Å². The van der Waals surface area contributed by atoms with Gasteiger partial charge in [0.25, 0.3) is 0 Å². The van der Waals surface area contributed by atoms with Crippen molar-refractivity contribution in [2.24, 2.45) is 0 Å². The molecule has 6 heterocycles. The van der Waals surface area contributed by atoms with Gasteiger partial charge >= 0.3 is 0 Å². The molecule has 4 aromatic rings. The Labute approximate surface area is 202 Å². The van der Waals surface area contributed by atoms with Gasteiger partial charge < -0.3 is 20.7 Å². The standard InChI is InChI=1S/C24H19F2N7OS/c25-15-7-29-20(17-11(5-27)22(28)35-21(15)17)16-14-9-34-8-13(14)12-6-30-23(32-19(12)18(16)26)33-4-2-24(10-33)1-3-31-24/h6-7,31H,1-4,8-10,28H2/t24-/m1/s1. The van der Waals surface area contributed by atoms with Gasteiger partial charge in [-0.15, -0.1) is 11.3 Å². The van der Waals surface area contributed by atoms with E-state index in [4.69, 9.17) is 10.5 Å². The van der Waals surface area contributed by atoms with Crippen LogP contribution in [0.1, 0.15) is 29.5 Å². The predicted molar refractivity (Wildman–Crippen MR) is 128 cm³/mol. The molecule has 1 spiro atoms. The number of rotatable bonds is 2. The maximum absolute atomic E-state index is 16.4. The molecule has 2 fully saturated rings. The van der Waals surface area contributed by atoms with Crippen molar-refractivity contribution in [3.63, 3.8) is 0 Å². The molecule has 0 saturated carbocycles. The van der Waals surface area contributed by atoms with Gasteiger partial charge in [0.15, 0.2) is 11.6 Å². The second kappa shape index (κ2) is 7.27. The molecule has 3 N–H and O–H groups in total. The first-order chi connectivity index (χ1) is 17.0. The van der Waals surface area contributed by atoms with Crippen LogP contribution < -0.4 is 16.0 Å². The van der Waals surface area contributed by atoms with Crippen LogP contribution in [0.3, 0.4) is 0 Å². The van der Waals surface area contributed by atoms with Gasteiger partial charge in [-0.05, 0) is 30.5 Å². The number of hydrogen-bond donors (Lipinski definition) is 2. The van der Waals surface area contributed by atoms with E-state index in [1.165, 1.54) is 0 Å². The van der Waals surface area contributed by atoms with Crippen molar-refractivity contribution in [2.75, 3.05) is 30.3 Å². The van der Waals surface area contributed by atoms with Crippen LogP contribution in [-0.2, 0) is 18.0 Å². The summed E-state index contributed by atoms with van der Waals surface area (Å²) in [6.45, 7) is 3.02. The minimum absolute atomic E-state index is 0.0953. The highest BCUT2D eigenvalue weighted by Gasteiger charge is 2.43. The lowest BCUT2D eigenvalue weighted by Gasteiger charge is -2.39. The number of fused-ring (bicyclic) bond motifs is 4. The number of anilines is 2. The van der Waals surface area contributed by atoms with Gasteiger partial charge in [0.05, 0.1) is 35.4 Å². The maximum Gasteiger partial charge on any atom is 0.226 e. The fraction of sp³-hybridized carbons (Fsp3) is 0.333. The van der Waals surface area contributed by atoms with Gasteiger partial charge in [-0.25, -0.2) is 18.7 Å². The zero-order valence-corrected chi connectivity index (χ0v) is 19.3. The first-order valence-electron chi connectivity index (χ1n) is 11.3. The lowest BCUT2D eigenvalue weighted by atomic mass is 9.87. The molecule has 176 valence electrons. The second-order valence-electron chi connectivity index (χ2n) is 9.31. The summed E-state index contributed by atoms with van der Waals surface area (Å²) in [5.41, 5.74) is 8.10. The fourth-order valence-corrected chi connectivity index (χ4v) is 6.48. The molecule has 8 nitrogen and oxygen atoms in total. The largest absolute Gasteiger partial charge is 0.389 e. The summed E-state index contributed by atoms with van der Waals surface area (Å²) < 4.78 is 36.8. The van der Waals surface area contributed by atoms with Crippen LogP contribution in [0.2, 0.25) is 0 Å². The third-order valence-corrected chi connectivity index (χ3v) is 8.50. The number of nitriles is 1. The minimum atomic E-state index is -0.603. The van der Waals surface area contributed by atoms with Crippen LogP contribution in [0.5, 0.6) is 0 Å². The monoisotopic (exact) mass is 491 g/mol. The molecule has 0 amide bonds. The Bertz CT molecular complexity index is 1610. The van der Waals surface area contributed by atoms with E-state index in [0.717, 1.165) is 55.6 Å². The molecule has 7 rings (SSSR count). The second-order valence-corrected chi connectivity index (χ2v) is 10.4. The van der Waals surface area contributed by atoms with Crippen LogP contribution in [0.15, 0.2) is 12.4 Å². The molecule has 1 aromatic carbocycles. The lowest BCUT2D eigenvalue weighted by Crippen LogP contribution is -2.58. The highest BCUT2D eigenvalue weighted by molar-refractivity contribution is 7.23. The molecule has 1 atom stereocenters. The molecule has 3 aromatic heterocycles. The van der Waals surface area contributed by atoms with Crippen LogP contribution in [0, 0.1) is 23.0 Å². The van der Waals surface area contributed by atoms with Crippen LogP contribution >= 0.6 is 11.3 Å². The molecule has 0 radical (unpaired) electrons. The summed E-state index contributed by atoms with van der Waals surface area (Å²) in [6.07, 6.45) is 4.81. The van der Waals surface area contributed by atoms with Crippen LogP contribution in [0.4, 0.5) is 19.7 Å². The van der Waals surface area contributed by atoms with E-state index in [2.05, 4.69) is 25.2 Å². The summed E-state index contributed by atoms with van der Waals surface area (Å²) in [7, 11) is 0. The Kier molecular flexibility index (Phi) is 4.34. The number of halogens is 2. The Morgan fingerprint density at radius 1 is 1.20 bits per heavy atom. The molecular weight excluding hydrogens is 472 g/mol. The van der Waals surface area contributed by atoms with Crippen molar-refractivity contribution < 1.29 is 13.5 Å². The SMILES string of the molecule is N#Cc1c(N)sc2c(F)cnc(-c3c4c(c5cnc(N6CC[C@]7(CCN7)C6)nc5c3F)COC4)c12. The first-order valence-corrected chi connectivity index (χ1v) is 12.2. The fourth-order valence-electron chi connectivity index (χ4n) is 5.56. The predicted octanol–water partition coefficient (Wildman–Crippen LogP) is 3.61. The molecule has 35 heavy (non-hydrogen) atoms. The molecule has 0 unspecified atom stereocenters. The number of nitrogens with zero attached hydrogens (tertiary/aromatic N) is 5. The third-order valence-electron chi connectivity index (χ3n) is 7.47. The quantitative estimate of drug-likeness (QED) is 0.437. The number of nitrogens with one attached hydrogen (secondary N) is 1. The minimum Gasteiger partial charge on any atom is -0.389 e. The zero-order chi connectivity index (χ0) is 23.9. The Balaban J connectivity index is 1.47. The number of nitrogen functional groups attached to an aromatic ring is 1. The zero-order valence-electron chi connectivity index (χ0n) is 18.5. The van der Waals surface area contributed by atoms with E-state index in [1.54, 1.807) is 6.20 Å². The van der Waals surface area contributed by atoms with Crippen LogP contribution in [-0.4, -0.2) is 40.1 Å². The van der Waals surface area contributed by atoms with E-state index in [9.17, 15) is 9.65 Å². The van der Waals surface area contributed by atoms with Crippen LogP contribution in [0.25, 0.3) is 32.2 Å². The molecule has 0 bridgehead atoms. The van der Waals surface area contributed by atoms with Crippen molar-refractivity contribution in [1.82, 2.24) is 20.3 Å². The summed E-state index contributed by atoms with van der Waals surface area (Å²) in [5.74, 6) is -0.715. The normalized spacial score (nSPS) is 21.1. The molecule has 0 aliphatic carbocycles. The topological polar surface area (TPSA) is 113 Å². The number of ether oxygens (including phenoxy) is 1. The summed E-state index contributed by atoms with van der Waals surface area (Å²) in [4.78, 5) is 15.6. The highest BCUT2D eigenvalue weighted by atomic mass is 32.1. The van der Waals surface area contributed by atoms with Gasteiger partial charge in [0.2, 0.25) is 5.95 Å². The average molecular weight is 492 g/mol. The van der Waals surface area contributed by atoms with Gasteiger partial charge in [0, 0.05) is 41.2 Å². The Hall–Kier alpha value is -3.46. The molecular formula is C24H19F2N7OS. The van der Waals surface area contributed by atoms with E-state index < -0.39 is 11.6 Å². The van der Waals surface area contributed by atoms with Gasteiger partial charge in [-0.3, -0.25) is 4.98 Å². The Morgan fingerprint density at radius 3 is 2.77 bits per heavy atom. The number of aromatic nitrogens is 3. The number of thiophene rings is 1. The van der Waals surface area contributed by atoms with Crippen molar-refractivity contribution in [3.05, 3.63) is 40.7 Å². The van der Waals surface area contributed by atoms with E-state index in [0.29, 0.717) is 16.9 Å². The average Bonchev–Trinajstić information content (AvgIpc) is 3.57. The van der Waals surface area contributed by atoms with Crippen molar-refractivity contribution in [1.29, 1.82) is 5.26 Å².